The predicted octanol–water partition coefficient (Wildman–Crippen LogP) is 6.55. The number of rotatable bonds is 13. The molecule has 1 amide bonds. The number of nitrogens with zero attached hydrogens (tertiary/aromatic N) is 3. The molecule has 0 aliphatic heterocycles. The number of halogens is 5. The molecule has 0 unspecified atom stereocenters. The summed E-state index contributed by atoms with van der Waals surface area (Å²) >= 11 is 6.55. The van der Waals surface area contributed by atoms with E-state index in [0.717, 1.165) is 16.8 Å². The monoisotopic (exact) mass is 889 g/mol. The number of hydrogen-bond donors (Lipinski definition) is 2. The number of benzene rings is 2. The number of sulfone groups is 2. The Morgan fingerprint density at radius 2 is 1.60 bits per heavy atom. The van der Waals surface area contributed by atoms with Gasteiger partial charge >= 0.3 is 6.09 Å². The van der Waals surface area contributed by atoms with Crippen molar-refractivity contribution in [3.8, 4) is 23.0 Å². The lowest BCUT2D eigenvalue weighted by Crippen LogP contribution is -2.36. The van der Waals surface area contributed by atoms with Gasteiger partial charge in [-0.3, -0.25) is 9.40 Å². The molecule has 21 heteroatoms. The maximum Gasteiger partial charge on any atom is 0.408 e. The van der Waals surface area contributed by atoms with Gasteiger partial charge in [0, 0.05) is 23.4 Å². The van der Waals surface area contributed by atoms with Crippen LogP contribution in [-0.4, -0.2) is 79.5 Å². The predicted molar refractivity (Wildman–Crippen MR) is 211 cm³/mol. The first-order chi connectivity index (χ1) is 26.6. The lowest BCUT2D eigenvalue weighted by atomic mass is 9.93. The van der Waals surface area contributed by atoms with Gasteiger partial charge in [-0.2, -0.15) is 5.10 Å². The summed E-state index contributed by atoms with van der Waals surface area (Å²) in [5, 5.41) is 4.44. The van der Waals surface area contributed by atoms with Crippen LogP contribution in [0.1, 0.15) is 70.5 Å². The van der Waals surface area contributed by atoms with Gasteiger partial charge < -0.3 is 10.1 Å². The van der Waals surface area contributed by atoms with Crippen molar-refractivity contribution in [2.75, 3.05) is 16.1 Å². The summed E-state index contributed by atoms with van der Waals surface area (Å²) in [6.07, 6.45) is -2.69. The molecule has 0 radical (unpaired) electrons. The maximum absolute atomic E-state index is 14.5. The molecule has 1 aliphatic carbocycles. The molecule has 1 aliphatic rings. The van der Waals surface area contributed by atoms with Gasteiger partial charge in [-0.15, -0.1) is 0 Å². The molecule has 0 bridgehead atoms. The number of nitrogens with one attached hydrogen (secondary N) is 2. The minimum absolute atomic E-state index is 0.0141. The van der Waals surface area contributed by atoms with E-state index in [2.05, 4.69) is 22.3 Å². The first-order valence-corrected chi connectivity index (χ1v) is 23.2. The molecule has 0 spiro atoms. The number of alkyl carbamates (subject to hydrolysis) is 1. The van der Waals surface area contributed by atoms with Crippen molar-refractivity contribution in [1.29, 1.82) is 0 Å². The Bertz CT molecular complexity index is 2650. The summed E-state index contributed by atoms with van der Waals surface area (Å²) in [6.45, 7) is 6.58. The number of carbonyl (C=O) groups is 1. The molecule has 5 rings (SSSR count). The zero-order valence-electron chi connectivity index (χ0n) is 32.0. The maximum atomic E-state index is 14.5. The van der Waals surface area contributed by atoms with Gasteiger partial charge in [-0.1, -0.05) is 23.6 Å². The largest absolute Gasteiger partial charge is 0.444 e. The second kappa shape index (κ2) is 16.3. The number of pyridine rings is 1. The minimum atomic E-state index is -4.67. The van der Waals surface area contributed by atoms with E-state index < -0.39 is 92.9 Å². The number of hydrogen-bond acceptors (Lipinski definition) is 10. The van der Waals surface area contributed by atoms with Gasteiger partial charge in [0.1, 0.15) is 34.2 Å². The van der Waals surface area contributed by atoms with Gasteiger partial charge in [0.25, 0.3) is 6.43 Å². The standard InChI is InChI=1S/C37H40ClF4N5O8S3/c1-36(2,3)55-35(48)44-29(17-21-15-22(39)18-23(40)16-21)32-26(10-7-24(43-32)13-14-37(4,5)58(53,54)25-8-9-25)27-11-12-28(38)31-33(27)47(19-30(41)42)45-34(31)46-57(51,52)20-56(6,49)50/h7,10-12,15-16,18,25,29-30H,8-9,17,19-20H2,1-6H3,(H,44,48)(H,45,46)/t29-/m0/s1. The molecular formula is C37H40ClF4N5O8S3. The molecule has 2 heterocycles. The van der Waals surface area contributed by atoms with Crippen molar-refractivity contribution >= 4 is 64.1 Å². The minimum Gasteiger partial charge on any atom is -0.444 e. The number of sulfonamides is 1. The van der Waals surface area contributed by atoms with Crippen LogP contribution in [0.3, 0.4) is 0 Å². The number of carbonyl (C=O) groups excluding carboxylic acids is 1. The van der Waals surface area contributed by atoms with Crippen molar-refractivity contribution in [3.63, 3.8) is 0 Å². The van der Waals surface area contributed by atoms with Gasteiger partial charge in [0.2, 0.25) is 10.0 Å². The van der Waals surface area contributed by atoms with Crippen LogP contribution >= 0.6 is 11.6 Å². The fourth-order valence-corrected chi connectivity index (χ4v) is 11.0. The summed E-state index contributed by atoms with van der Waals surface area (Å²) in [5.41, 5.74) is -1.11. The smallest absolute Gasteiger partial charge is 0.408 e. The molecule has 2 aromatic heterocycles. The van der Waals surface area contributed by atoms with E-state index in [1.165, 1.54) is 38.1 Å². The molecule has 58 heavy (non-hydrogen) atoms. The zero-order chi connectivity index (χ0) is 43.2. The zero-order valence-corrected chi connectivity index (χ0v) is 35.2. The molecule has 2 aromatic carbocycles. The van der Waals surface area contributed by atoms with Crippen LogP contribution in [0.5, 0.6) is 0 Å². The number of alkyl halides is 2. The fraction of sp³-hybridized carbons (Fsp3) is 0.432. The van der Waals surface area contributed by atoms with Gasteiger partial charge in [-0.25, -0.2) is 52.6 Å². The van der Waals surface area contributed by atoms with Gasteiger partial charge in [0.05, 0.1) is 32.9 Å². The summed E-state index contributed by atoms with van der Waals surface area (Å²) < 4.78 is 140. The molecule has 13 nitrogen and oxygen atoms in total. The SMILES string of the molecule is CC(C)(C)OC(=O)N[C@@H](Cc1cc(F)cc(F)c1)c1nc(C#CC(C)(C)S(=O)(=O)C2CC2)ccc1-c1ccc(Cl)c2c(NS(=O)(=O)CS(C)(=O)=O)nn(CC(F)F)c12. The average molecular weight is 890 g/mol. The van der Waals surface area contributed by atoms with Gasteiger partial charge in [0.15, 0.2) is 30.6 Å². The molecule has 1 fully saturated rings. The first-order valence-electron chi connectivity index (χ1n) is 17.5. The lowest BCUT2D eigenvalue weighted by Gasteiger charge is -2.25. The Balaban J connectivity index is 1.80. The topological polar surface area (TPSA) is 183 Å². The summed E-state index contributed by atoms with van der Waals surface area (Å²) in [5.74, 6) is 3.13. The van der Waals surface area contributed by atoms with Crippen molar-refractivity contribution < 1.29 is 52.3 Å². The van der Waals surface area contributed by atoms with Crippen molar-refractivity contribution in [2.24, 2.45) is 0 Å². The Morgan fingerprint density at radius 1 is 0.983 bits per heavy atom. The number of aromatic nitrogens is 3. The highest BCUT2D eigenvalue weighted by atomic mass is 35.5. The van der Waals surface area contributed by atoms with Crippen LogP contribution in [0.15, 0.2) is 42.5 Å². The average Bonchev–Trinajstić information content (AvgIpc) is 3.85. The Hall–Kier alpha value is -4.45. The molecule has 1 atom stereocenters. The third-order valence-electron chi connectivity index (χ3n) is 8.54. The van der Waals surface area contributed by atoms with Crippen LogP contribution in [0.2, 0.25) is 5.02 Å². The summed E-state index contributed by atoms with van der Waals surface area (Å²) in [6, 6.07) is 6.87. The quantitative estimate of drug-likeness (QED) is 0.110. The van der Waals surface area contributed by atoms with E-state index in [-0.39, 0.29) is 50.4 Å². The Morgan fingerprint density at radius 3 is 2.17 bits per heavy atom. The summed E-state index contributed by atoms with van der Waals surface area (Å²) in [7, 11) is -12.5. The molecular weight excluding hydrogens is 850 g/mol. The van der Waals surface area contributed by atoms with E-state index in [4.69, 9.17) is 21.3 Å². The molecule has 314 valence electrons. The lowest BCUT2D eigenvalue weighted by molar-refractivity contribution is 0.0502. The number of anilines is 1. The van der Waals surface area contributed by atoms with E-state index >= 15 is 0 Å². The second-order valence-electron chi connectivity index (χ2n) is 15.3. The van der Waals surface area contributed by atoms with Crippen LogP contribution in [0.25, 0.3) is 22.0 Å². The van der Waals surface area contributed by atoms with Crippen molar-refractivity contribution in [1.82, 2.24) is 20.1 Å². The highest BCUT2D eigenvalue weighted by Crippen LogP contribution is 2.41. The van der Waals surface area contributed by atoms with E-state index in [1.807, 2.05) is 4.72 Å². The molecule has 1 saturated carbocycles. The van der Waals surface area contributed by atoms with Crippen molar-refractivity contribution in [2.45, 2.75) is 88.5 Å². The number of amides is 1. The Labute approximate surface area is 338 Å². The third kappa shape index (κ3) is 11.0. The van der Waals surface area contributed by atoms with Crippen LogP contribution in [0, 0.1) is 23.5 Å². The summed E-state index contributed by atoms with van der Waals surface area (Å²) in [4.78, 5) is 18.1. The van der Waals surface area contributed by atoms with Crippen LogP contribution in [-0.2, 0) is 47.4 Å². The van der Waals surface area contributed by atoms with E-state index in [9.17, 15) is 47.6 Å². The molecule has 2 N–H and O–H groups in total. The molecule has 0 saturated heterocycles. The van der Waals surface area contributed by atoms with Crippen molar-refractivity contribution in [3.05, 3.63) is 76.1 Å². The normalized spacial score (nSPS) is 14.6. The van der Waals surface area contributed by atoms with Crippen LogP contribution in [0.4, 0.5) is 28.2 Å². The third-order valence-corrected chi connectivity index (χ3v) is 15.2. The number of ether oxygens (including phenoxy) is 1. The Kier molecular flexibility index (Phi) is 12.6. The van der Waals surface area contributed by atoms with E-state index in [0.29, 0.717) is 25.2 Å². The van der Waals surface area contributed by atoms with E-state index in [1.54, 1.807) is 20.8 Å². The van der Waals surface area contributed by atoms with Crippen LogP contribution < -0.4 is 10.0 Å². The van der Waals surface area contributed by atoms with Gasteiger partial charge in [-0.05, 0) is 95.7 Å². The highest BCUT2D eigenvalue weighted by molar-refractivity contribution is 8.08. The first kappa shape index (κ1) is 44.6. The highest BCUT2D eigenvalue weighted by Gasteiger charge is 2.45. The second-order valence-corrected chi connectivity index (χ2v) is 22.7. The number of fused-ring (bicyclic) bond motifs is 1. The molecule has 4 aromatic rings. The fourth-order valence-electron chi connectivity index (χ4n) is 6.04.